The van der Waals surface area contributed by atoms with Gasteiger partial charge in [0.1, 0.15) is 28.3 Å². The average Bonchev–Trinajstić information content (AvgIpc) is 3.47. The number of hydrogen-bond acceptors (Lipinski definition) is 7. The highest BCUT2D eigenvalue weighted by Crippen LogP contribution is 2.48. The third-order valence-corrected chi connectivity index (χ3v) is 8.16. The van der Waals surface area contributed by atoms with Crippen LogP contribution in [0.5, 0.6) is 5.75 Å². The average molecular weight is 506 g/mol. The summed E-state index contributed by atoms with van der Waals surface area (Å²) in [4.78, 5) is 13.5. The highest BCUT2D eigenvalue weighted by atomic mass is 35.5. The van der Waals surface area contributed by atoms with Crippen molar-refractivity contribution in [2.75, 3.05) is 7.11 Å². The van der Waals surface area contributed by atoms with E-state index in [1.54, 1.807) is 13.4 Å². The molecule has 0 radical (unpaired) electrons. The summed E-state index contributed by atoms with van der Waals surface area (Å²) in [5, 5.41) is 20.4. The van der Waals surface area contributed by atoms with Crippen molar-refractivity contribution in [1.82, 2.24) is 14.8 Å². The molecule has 184 valence electrons. The van der Waals surface area contributed by atoms with E-state index in [-0.39, 0.29) is 22.1 Å². The summed E-state index contributed by atoms with van der Waals surface area (Å²) in [5.41, 5.74) is 0.0563. The van der Waals surface area contributed by atoms with Crippen molar-refractivity contribution in [3.8, 4) is 5.75 Å². The van der Waals surface area contributed by atoms with E-state index >= 15 is 0 Å². The molecule has 1 atom stereocenters. The fraction of sp³-hybridized carbons (Fsp3) is 0.560. The molecule has 2 aromatic rings. The van der Waals surface area contributed by atoms with Crippen molar-refractivity contribution < 1.29 is 19.4 Å². The number of carbonyl (C=O) groups is 1. The number of aryl methyl sites for hydroxylation is 1. The van der Waals surface area contributed by atoms with Gasteiger partial charge in [-0.05, 0) is 81.8 Å². The molecule has 0 amide bonds. The van der Waals surface area contributed by atoms with E-state index in [1.165, 1.54) is 0 Å². The number of aliphatic hydroxyl groups is 1. The second-order valence-corrected chi connectivity index (χ2v) is 11.5. The number of cyclic esters (lactones) is 1. The molecule has 9 heteroatoms. The molecule has 7 nitrogen and oxygen atoms in total. The minimum Gasteiger partial charge on any atom is -0.511 e. The summed E-state index contributed by atoms with van der Waals surface area (Å²) in [6.45, 7) is 6.10. The van der Waals surface area contributed by atoms with Gasteiger partial charge in [-0.2, -0.15) is 0 Å². The number of carbonyl (C=O) groups excluding carboxylic acids is 1. The molecule has 0 spiro atoms. The minimum atomic E-state index is -0.730. The molecule has 1 N–H and O–H groups in total. The molecule has 1 unspecified atom stereocenters. The first kappa shape index (κ1) is 24.9. The first-order valence-corrected chi connectivity index (χ1v) is 12.9. The summed E-state index contributed by atoms with van der Waals surface area (Å²) < 4.78 is 13.4. The quantitative estimate of drug-likeness (QED) is 0.457. The zero-order chi connectivity index (χ0) is 24.5. The topological polar surface area (TPSA) is 86.5 Å². The van der Waals surface area contributed by atoms with E-state index in [4.69, 9.17) is 21.1 Å². The minimum absolute atomic E-state index is 0.0735. The van der Waals surface area contributed by atoms with E-state index in [9.17, 15) is 9.90 Å². The number of halogens is 1. The maximum absolute atomic E-state index is 13.3. The Bertz CT molecular complexity index is 1090. The Kier molecular flexibility index (Phi) is 7.20. The first-order valence-electron chi connectivity index (χ1n) is 11.7. The van der Waals surface area contributed by atoms with Crippen LogP contribution in [0.1, 0.15) is 64.9 Å². The molecule has 2 aliphatic rings. The first-order chi connectivity index (χ1) is 16.1. The van der Waals surface area contributed by atoms with Gasteiger partial charge in [0.2, 0.25) is 0 Å². The summed E-state index contributed by atoms with van der Waals surface area (Å²) in [6, 6.07) is 5.72. The molecule has 1 saturated carbocycles. The van der Waals surface area contributed by atoms with Crippen LogP contribution in [-0.4, -0.2) is 38.6 Å². The Morgan fingerprint density at radius 1 is 1.32 bits per heavy atom. The van der Waals surface area contributed by atoms with Crippen LogP contribution in [-0.2, 0) is 21.5 Å². The van der Waals surface area contributed by atoms with Crippen molar-refractivity contribution in [3.05, 3.63) is 45.8 Å². The van der Waals surface area contributed by atoms with Gasteiger partial charge in [0.05, 0.1) is 12.1 Å². The maximum atomic E-state index is 13.3. The number of nitrogens with zero attached hydrogens (tertiary/aromatic N) is 3. The van der Waals surface area contributed by atoms with Gasteiger partial charge in [0.15, 0.2) is 5.16 Å². The number of thioether (sulfide) groups is 1. The Labute approximate surface area is 209 Å². The fourth-order valence-corrected chi connectivity index (χ4v) is 6.22. The van der Waals surface area contributed by atoms with Crippen LogP contribution in [0, 0.1) is 5.92 Å². The van der Waals surface area contributed by atoms with Gasteiger partial charge in [-0.25, -0.2) is 4.79 Å². The molecule has 0 saturated heterocycles. The molecule has 2 heterocycles. The van der Waals surface area contributed by atoms with Gasteiger partial charge < -0.3 is 19.1 Å². The van der Waals surface area contributed by atoms with E-state index < -0.39 is 11.6 Å². The number of aromatic nitrogens is 3. The molecule has 0 bridgehead atoms. The normalized spacial score (nSPS) is 21.7. The molecule has 1 aromatic carbocycles. The number of rotatable bonds is 7. The van der Waals surface area contributed by atoms with E-state index in [0.29, 0.717) is 35.2 Å². The molecule has 1 aromatic heterocycles. The van der Waals surface area contributed by atoms with Crippen LogP contribution in [0.15, 0.2) is 40.3 Å². The second kappa shape index (κ2) is 9.82. The predicted octanol–water partition coefficient (Wildman–Crippen LogP) is 6.07. The van der Waals surface area contributed by atoms with Gasteiger partial charge in [-0.3, -0.25) is 0 Å². The summed E-state index contributed by atoms with van der Waals surface area (Å²) in [7, 11) is 1.59. The summed E-state index contributed by atoms with van der Waals surface area (Å²) >= 11 is 7.43. The van der Waals surface area contributed by atoms with Crippen LogP contribution in [0.4, 0.5) is 0 Å². The highest BCUT2D eigenvalue weighted by Gasteiger charge is 2.48. The molecular weight excluding hydrogens is 474 g/mol. The number of hydrogen-bond donors (Lipinski definition) is 1. The van der Waals surface area contributed by atoms with Crippen LogP contribution < -0.4 is 4.74 Å². The maximum Gasteiger partial charge on any atom is 0.349 e. The number of methoxy groups -OCH3 is 1. The van der Waals surface area contributed by atoms with Crippen molar-refractivity contribution in [3.63, 3.8) is 0 Å². The molecule has 1 fully saturated rings. The van der Waals surface area contributed by atoms with Crippen molar-refractivity contribution in [2.24, 2.45) is 5.92 Å². The van der Waals surface area contributed by atoms with E-state index in [1.807, 2.05) is 43.5 Å². The molecule has 1 aliphatic carbocycles. The van der Waals surface area contributed by atoms with Gasteiger partial charge in [0, 0.05) is 12.0 Å². The fourth-order valence-electron chi connectivity index (χ4n) is 4.94. The van der Waals surface area contributed by atoms with E-state index in [0.717, 1.165) is 43.0 Å². The molecule has 4 rings (SSSR count). The largest absolute Gasteiger partial charge is 0.511 e. The number of ether oxygens (including phenoxy) is 2. The van der Waals surface area contributed by atoms with Gasteiger partial charge in [-0.1, -0.05) is 30.5 Å². The van der Waals surface area contributed by atoms with Gasteiger partial charge >= 0.3 is 5.97 Å². The third-order valence-electron chi connectivity index (χ3n) is 6.79. The number of esters is 1. The summed E-state index contributed by atoms with van der Waals surface area (Å²) in [6.07, 6.45) is 7.44. The predicted molar refractivity (Wildman–Crippen MR) is 132 cm³/mol. The Morgan fingerprint density at radius 2 is 2.06 bits per heavy atom. The van der Waals surface area contributed by atoms with Gasteiger partial charge in [-0.15, -0.1) is 10.2 Å². The highest BCUT2D eigenvalue weighted by molar-refractivity contribution is 8.03. The van der Waals surface area contributed by atoms with Crippen molar-refractivity contribution in [1.29, 1.82) is 0 Å². The molecular formula is C25H32ClN3O4S. The van der Waals surface area contributed by atoms with Crippen LogP contribution in [0.3, 0.4) is 0 Å². The summed E-state index contributed by atoms with van der Waals surface area (Å²) in [5.74, 6) is 0.434. The van der Waals surface area contributed by atoms with E-state index in [2.05, 4.69) is 10.2 Å². The Hall–Kier alpha value is -2.19. The number of benzene rings is 1. The van der Waals surface area contributed by atoms with Crippen LogP contribution in [0.25, 0.3) is 0 Å². The lowest BCUT2D eigenvalue weighted by Gasteiger charge is -2.41. The second-order valence-electron chi connectivity index (χ2n) is 10.1. The zero-order valence-electron chi connectivity index (χ0n) is 20.1. The zero-order valence-corrected chi connectivity index (χ0v) is 21.7. The lowest BCUT2D eigenvalue weighted by atomic mass is 9.77. The monoisotopic (exact) mass is 505 g/mol. The van der Waals surface area contributed by atoms with Crippen LogP contribution >= 0.6 is 23.4 Å². The van der Waals surface area contributed by atoms with Gasteiger partial charge in [0.25, 0.3) is 0 Å². The van der Waals surface area contributed by atoms with Crippen molar-refractivity contribution in [2.45, 2.75) is 82.0 Å². The lowest BCUT2D eigenvalue weighted by molar-refractivity contribution is -0.166. The molecule has 1 aliphatic heterocycles. The SMILES string of the molecule is COc1ccc(CCC2(C3CCCC3)CC(O)=C(Sc3nncn3C(C)(C)C)C(=O)O2)cc1Cl. The standard InChI is InChI=1S/C25H32ClN3O4S/c1-24(2,3)29-15-27-28-23(29)34-21-19(30)14-25(33-22(21)31,17-7-5-6-8-17)12-11-16-9-10-20(32-4)18(26)13-16/h9-10,13,15,17,30H,5-8,11-12,14H2,1-4H3. The lowest BCUT2D eigenvalue weighted by Crippen LogP contribution is -2.45. The molecule has 34 heavy (non-hydrogen) atoms. The third kappa shape index (κ3) is 5.08. The number of aliphatic hydroxyl groups excluding tert-OH is 1. The Balaban J connectivity index is 1.58. The smallest absolute Gasteiger partial charge is 0.349 e. The van der Waals surface area contributed by atoms with Crippen LogP contribution in [0.2, 0.25) is 5.02 Å². The Morgan fingerprint density at radius 3 is 2.68 bits per heavy atom. The van der Waals surface area contributed by atoms with Crippen molar-refractivity contribution >= 4 is 29.3 Å².